The molecule has 0 bridgehead atoms. The zero-order valence-corrected chi connectivity index (χ0v) is 13.3. The highest BCUT2D eigenvalue weighted by Crippen LogP contribution is 2.42. The van der Waals surface area contributed by atoms with Gasteiger partial charge in [0, 0.05) is 42.4 Å². The molecule has 2 aliphatic heterocycles. The quantitative estimate of drug-likeness (QED) is 0.921. The van der Waals surface area contributed by atoms with Crippen LogP contribution in [0, 0.1) is 5.92 Å². The number of hydrogen-bond donors (Lipinski definition) is 1. The number of carbonyl (C=O) groups is 1. The molecule has 1 saturated heterocycles. The van der Waals surface area contributed by atoms with E-state index in [1.165, 1.54) is 0 Å². The Hall–Kier alpha value is -1.63. The fourth-order valence-corrected chi connectivity index (χ4v) is 3.77. The number of aromatic nitrogens is 1. The summed E-state index contributed by atoms with van der Waals surface area (Å²) < 4.78 is 38.9. The minimum Gasteiger partial charge on any atom is -0.348 e. The van der Waals surface area contributed by atoms with Gasteiger partial charge in [0.05, 0.1) is 11.6 Å². The molecule has 1 aliphatic carbocycles. The summed E-state index contributed by atoms with van der Waals surface area (Å²) in [7, 11) is 0. The summed E-state index contributed by atoms with van der Waals surface area (Å²) in [6.45, 7) is 1.57. The number of piperidine rings is 1. The lowest BCUT2D eigenvalue weighted by molar-refractivity contribution is -0.187. The third-order valence-electron chi connectivity index (χ3n) is 5.20. The van der Waals surface area contributed by atoms with Crippen molar-refractivity contribution in [3.63, 3.8) is 0 Å². The molecule has 2 fully saturated rings. The highest BCUT2D eigenvalue weighted by molar-refractivity contribution is 5.98. The van der Waals surface area contributed by atoms with Crippen LogP contribution in [-0.2, 0) is 13.1 Å². The third kappa shape index (κ3) is 3.01. The van der Waals surface area contributed by atoms with Crippen LogP contribution in [0.2, 0.25) is 0 Å². The second-order valence-electron chi connectivity index (χ2n) is 7.10. The van der Waals surface area contributed by atoms with E-state index in [0.29, 0.717) is 37.5 Å². The number of hydrogen-bond acceptors (Lipinski definition) is 3. The van der Waals surface area contributed by atoms with E-state index in [-0.39, 0.29) is 18.9 Å². The third-order valence-corrected chi connectivity index (χ3v) is 5.20. The average Bonchev–Trinajstić information content (AvgIpc) is 3.31. The lowest BCUT2D eigenvalue weighted by Crippen LogP contribution is -2.41. The molecule has 1 amide bonds. The van der Waals surface area contributed by atoms with E-state index in [0.717, 1.165) is 29.8 Å². The lowest BCUT2D eigenvalue weighted by Gasteiger charge is -2.33. The second kappa shape index (κ2) is 5.72. The summed E-state index contributed by atoms with van der Waals surface area (Å²) in [6.07, 6.45) is -1.23. The molecule has 1 aromatic heterocycles. The number of alkyl halides is 3. The van der Waals surface area contributed by atoms with Gasteiger partial charge in [-0.3, -0.25) is 14.7 Å². The van der Waals surface area contributed by atoms with Crippen LogP contribution < -0.4 is 5.32 Å². The Morgan fingerprint density at radius 1 is 1.29 bits per heavy atom. The van der Waals surface area contributed by atoms with Gasteiger partial charge in [-0.2, -0.15) is 13.2 Å². The second-order valence-corrected chi connectivity index (χ2v) is 7.10. The SMILES string of the molecule is O=C1NCc2c1cc(CN1CCCC(C(F)(F)F)C1)nc2C1CC1. The predicted molar refractivity (Wildman–Crippen MR) is 81.4 cm³/mol. The first kappa shape index (κ1) is 15.9. The van der Waals surface area contributed by atoms with Crippen molar-refractivity contribution < 1.29 is 18.0 Å². The van der Waals surface area contributed by atoms with Gasteiger partial charge >= 0.3 is 6.18 Å². The Morgan fingerprint density at radius 3 is 2.79 bits per heavy atom. The average molecular weight is 339 g/mol. The number of rotatable bonds is 3. The van der Waals surface area contributed by atoms with Gasteiger partial charge in [-0.1, -0.05) is 0 Å². The topological polar surface area (TPSA) is 45.2 Å². The molecule has 0 spiro atoms. The standard InChI is InChI=1S/C17H20F3N3O/c18-17(19,20)11-2-1-5-23(8-11)9-12-6-13-14(7-21-16(13)24)15(22-12)10-3-4-10/h6,10-11H,1-5,7-9H2,(H,21,24). The Bertz CT molecular complexity index is 670. The molecular weight excluding hydrogens is 319 g/mol. The molecule has 0 radical (unpaired) electrons. The molecule has 0 aromatic carbocycles. The number of nitrogens with one attached hydrogen (secondary N) is 1. The molecule has 7 heteroatoms. The van der Waals surface area contributed by atoms with Crippen LogP contribution in [0.25, 0.3) is 0 Å². The largest absolute Gasteiger partial charge is 0.393 e. The van der Waals surface area contributed by atoms with Crippen molar-refractivity contribution in [2.24, 2.45) is 5.92 Å². The van der Waals surface area contributed by atoms with E-state index < -0.39 is 12.1 Å². The smallest absolute Gasteiger partial charge is 0.348 e. The van der Waals surface area contributed by atoms with Gasteiger partial charge in [-0.15, -0.1) is 0 Å². The Labute approximate surface area is 138 Å². The van der Waals surface area contributed by atoms with Gasteiger partial charge in [0.1, 0.15) is 0 Å². The molecule has 24 heavy (non-hydrogen) atoms. The first-order valence-corrected chi connectivity index (χ1v) is 8.52. The maximum absolute atomic E-state index is 13.0. The molecule has 1 unspecified atom stereocenters. The molecule has 1 atom stereocenters. The number of pyridine rings is 1. The summed E-state index contributed by atoms with van der Waals surface area (Å²) in [5, 5.41) is 2.82. The van der Waals surface area contributed by atoms with Gasteiger partial charge in [0.15, 0.2) is 0 Å². The molecule has 4 rings (SSSR count). The van der Waals surface area contributed by atoms with E-state index in [2.05, 4.69) is 5.32 Å². The highest BCUT2D eigenvalue weighted by atomic mass is 19.4. The van der Waals surface area contributed by atoms with Crippen LogP contribution >= 0.6 is 0 Å². The fourth-order valence-electron chi connectivity index (χ4n) is 3.77. The van der Waals surface area contributed by atoms with Gasteiger partial charge < -0.3 is 5.32 Å². The summed E-state index contributed by atoms with van der Waals surface area (Å²) in [4.78, 5) is 18.5. The fraction of sp³-hybridized carbons (Fsp3) is 0.647. The Balaban J connectivity index is 1.55. The summed E-state index contributed by atoms with van der Waals surface area (Å²) in [5.41, 5.74) is 3.34. The lowest BCUT2D eigenvalue weighted by atomic mass is 9.97. The van der Waals surface area contributed by atoms with Crippen LogP contribution in [0.15, 0.2) is 6.07 Å². The van der Waals surface area contributed by atoms with Gasteiger partial charge in [0.25, 0.3) is 5.91 Å². The van der Waals surface area contributed by atoms with Crippen molar-refractivity contribution in [3.05, 3.63) is 28.6 Å². The highest BCUT2D eigenvalue weighted by Gasteiger charge is 2.42. The normalized spacial score (nSPS) is 24.8. The van der Waals surface area contributed by atoms with Crippen LogP contribution in [0.3, 0.4) is 0 Å². The van der Waals surface area contributed by atoms with Crippen LogP contribution in [-0.4, -0.2) is 35.1 Å². The Kier molecular flexibility index (Phi) is 3.78. The van der Waals surface area contributed by atoms with E-state index in [1.54, 1.807) is 6.07 Å². The molecular formula is C17H20F3N3O. The van der Waals surface area contributed by atoms with E-state index >= 15 is 0 Å². The van der Waals surface area contributed by atoms with Crippen molar-refractivity contribution in [3.8, 4) is 0 Å². The maximum Gasteiger partial charge on any atom is 0.393 e. The van der Waals surface area contributed by atoms with Crippen molar-refractivity contribution in [1.82, 2.24) is 15.2 Å². The first-order chi connectivity index (χ1) is 11.4. The molecule has 130 valence electrons. The van der Waals surface area contributed by atoms with E-state index in [9.17, 15) is 18.0 Å². The number of nitrogens with zero attached hydrogens (tertiary/aromatic N) is 2. The van der Waals surface area contributed by atoms with Crippen molar-refractivity contribution in [1.29, 1.82) is 0 Å². The zero-order chi connectivity index (χ0) is 16.9. The van der Waals surface area contributed by atoms with Gasteiger partial charge in [-0.25, -0.2) is 0 Å². The maximum atomic E-state index is 13.0. The summed E-state index contributed by atoms with van der Waals surface area (Å²) in [5.74, 6) is -0.940. The molecule has 3 heterocycles. The summed E-state index contributed by atoms with van der Waals surface area (Å²) >= 11 is 0. The van der Waals surface area contributed by atoms with Gasteiger partial charge in [-0.05, 0) is 38.3 Å². The number of carbonyl (C=O) groups excluding carboxylic acids is 1. The predicted octanol–water partition coefficient (Wildman–Crippen LogP) is 2.98. The number of amides is 1. The molecule has 4 nitrogen and oxygen atoms in total. The molecule has 1 saturated carbocycles. The summed E-state index contributed by atoms with van der Waals surface area (Å²) in [6, 6.07) is 1.76. The molecule has 3 aliphatic rings. The van der Waals surface area contributed by atoms with E-state index in [1.807, 2.05) is 4.90 Å². The van der Waals surface area contributed by atoms with Crippen LogP contribution in [0.5, 0.6) is 0 Å². The first-order valence-electron chi connectivity index (χ1n) is 8.52. The zero-order valence-electron chi connectivity index (χ0n) is 13.3. The monoisotopic (exact) mass is 339 g/mol. The molecule has 1 aromatic rings. The number of fused-ring (bicyclic) bond motifs is 1. The van der Waals surface area contributed by atoms with Crippen molar-refractivity contribution >= 4 is 5.91 Å². The van der Waals surface area contributed by atoms with Crippen molar-refractivity contribution in [2.45, 2.75) is 50.9 Å². The minimum absolute atomic E-state index is 0.0211. The molecule has 1 N–H and O–H groups in total. The van der Waals surface area contributed by atoms with Crippen LogP contribution in [0.4, 0.5) is 13.2 Å². The Morgan fingerprint density at radius 2 is 2.08 bits per heavy atom. The van der Waals surface area contributed by atoms with Crippen LogP contribution in [0.1, 0.15) is 58.9 Å². The van der Waals surface area contributed by atoms with Gasteiger partial charge in [0.2, 0.25) is 0 Å². The number of likely N-dealkylation sites (tertiary alicyclic amines) is 1. The number of halogens is 3. The van der Waals surface area contributed by atoms with Crippen molar-refractivity contribution in [2.75, 3.05) is 13.1 Å². The minimum atomic E-state index is -4.14. The van der Waals surface area contributed by atoms with E-state index in [4.69, 9.17) is 4.98 Å².